The Morgan fingerprint density at radius 1 is 1.26 bits per heavy atom. The van der Waals surface area contributed by atoms with Gasteiger partial charge >= 0.3 is 0 Å². The van der Waals surface area contributed by atoms with Gasteiger partial charge < -0.3 is 19.9 Å². The molecular weight excluding hydrogens is 290 g/mol. The molecule has 0 aromatic carbocycles. The van der Waals surface area contributed by atoms with Gasteiger partial charge in [-0.15, -0.1) is 0 Å². The first-order valence-corrected chi connectivity index (χ1v) is 9.24. The summed E-state index contributed by atoms with van der Waals surface area (Å²) in [7, 11) is 6.06. The monoisotopic (exact) mass is 325 g/mol. The van der Waals surface area contributed by atoms with E-state index in [1.807, 2.05) is 0 Å². The van der Waals surface area contributed by atoms with Gasteiger partial charge in [0.2, 0.25) is 5.91 Å². The molecule has 5 heteroatoms. The molecule has 1 aliphatic heterocycles. The molecule has 0 spiro atoms. The van der Waals surface area contributed by atoms with Crippen LogP contribution in [-0.4, -0.2) is 75.2 Å². The second-order valence-corrected chi connectivity index (χ2v) is 7.53. The molecular formula is C18H35N3O2. The van der Waals surface area contributed by atoms with Crippen LogP contribution in [0.3, 0.4) is 0 Å². The van der Waals surface area contributed by atoms with Crippen molar-refractivity contribution in [2.75, 3.05) is 54.0 Å². The van der Waals surface area contributed by atoms with Crippen LogP contribution < -0.4 is 5.32 Å². The highest BCUT2D eigenvalue weighted by atomic mass is 16.5. The summed E-state index contributed by atoms with van der Waals surface area (Å²) in [5.41, 5.74) is 0.153. The topological polar surface area (TPSA) is 44.8 Å². The van der Waals surface area contributed by atoms with Gasteiger partial charge in [0.1, 0.15) is 0 Å². The van der Waals surface area contributed by atoms with Gasteiger partial charge in [0.05, 0.1) is 12.5 Å². The van der Waals surface area contributed by atoms with E-state index in [4.69, 9.17) is 4.74 Å². The summed E-state index contributed by atoms with van der Waals surface area (Å²) in [5.74, 6) is 0.396. The quantitative estimate of drug-likeness (QED) is 0.724. The Morgan fingerprint density at radius 3 is 2.57 bits per heavy atom. The van der Waals surface area contributed by atoms with E-state index in [1.54, 1.807) is 7.11 Å². The lowest BCUT2D eigenvalue weighted by atomic mass is 9.88. The maximum absolute atomic E-state index is 12.6. The molecule has 5 nitrogen and oxygen atoms in total. The van der Waals surface area contributed by atoms with Crippen LogP contribution >= 0.6 is 0 Å². The van der Waals surface area contributed by atoms with Crippen LogP contribution in [0.15, 0.2) is 0 Å². The molecule has 0 unspecified atom stereocenters. The number of hydrogen-bond acceptors (Lipinski definition) is 4. The normalized spacial score (nSPS) is 25.5. The number of ether oxygens (including phenoxy) is 1. The van der Waals surface area contributed by atoms with Gasteiger partial charge in [-0.2, -0.15) is 0 Å². The second-order valence-electron chi connectivity index (χ2n) is 7.53. The summed E-state index contributed by atoms with van der Waals surface area (Å²) in [5, 5.41) is 3.28. The molecule has 2 rings (SSSR count). The van der Waals surface area contributed by atoms with Crippen molar-refractivity contribution in [2.45, 2.75) is 50.5 Å². The van der Waals surface area contributed by atoms with Crippen molar-refractivity contribution in [2.24, 2.45) is 5.92 Å². The lowest BCUT2D eigenvalue weighted by molar-refractivity contribution is -0.125. The van der Waals surface area contributed by atoms with Crippen LogP contribution in [-0.2, 0) is 9.53 Å². The van der Waals surface area contributed by atoms with Crippen LogP contribution in [0.5, 0.6) is 0 Å². The highest BCUT2D eigenvalue weighted by molar-refractivity contribution is 5.79. The number of likely N-dealkylation sites (N-methyl/N-ethyl adjacent to an activating group) is 1. The first-order chi connectivity index (χ1) is 11.1. The Labute approximate surface area is 141 Å². The van der Waals surface area contributed by atoms with Crippen molar-refractivity contribution >= 4 is 5.91 Å². The lowest BCUT2D eigenvalue weighted by Crippen LogP contribution is -2.53. The van der Waals surface area contributed by atoms with Gasteiger partial charge in [0.15, 0.2) is 0 Å². The van der Waals surface area contributed by atoms with Crippen molar-refractivity contribution in [3.8, 4) is 0 Å². The second kappa shape index (κ2) is 9.00. The van der Waals surface area contributed by atoms with E-state index in [0.717, 1.165) is 39.2 Å². The Morgan fingerprint density at radius 2 is 1.96 bits per heavy atom. The third-order valence-electron chi connectivity index (χ3n) is 5.83. The fourth-order valence-corrected chi connectivity index (χ4v) is 4.03. The van der Waals surface area contributed by atoms with E-state index in [2.05, 4.69) is 29.2 Å². The number of nitrogens with zero attached hydrogens (tertiary/aromatic N) is 2. The van der Waals surface area contributed by atoms with Crippen LogP contribution in [0.2, 0.25) is 0 Å². The molecule has 2 fully saturated rings. The van der Waals surface area contributed by atoms with E-state index >= 15 is 0 Å². The van der Waals surface area contributed by atoms with Crippen LogP contribution in [0, 0.1) is 5.92 Å². The Hall–Kier alpha value is -0.650. The van der Waals surface area contributed by atoms with Crippen molar-refractivity contribution in [1.82, 2.24) is 15.1 Å². The minimum Gasteiger partial charge on any atom is -0.383 e. The summed E-state index contributed by atoms with van der Waals surface area (Å²) >= 11 is 0. The fraction of sp³-hybridized carbons (Fsp3) is 0.944. The maximum Gasteiger partial charge on any atom is 0.224 e. The number of hydrogen-bond donors (Lipinski definition) is 1. The van der Waals surface area contributed by atoms with Gasteiger partial charge in [-0.1, -0.05) is 25.7 Å². The number of rotatable bonds is 7. The molecule has 2 aliphatic rings. The smallest absolute Gasteiger partial charge is 0.224 e. The van der Waals surface area contributed by atoms with Crippen molar-refractivity contribution in [3.63, 3.8) is 0 Å². The third-order valence-corrected chi connectivity index (χ3v) is 5.83. The highest BCUT2D eigenvalue weighted by Gasteiger charge is 2.35. The zero-order valence-electron chi connectivity index (χ0n) is 15.3. The van der Waals surface area contributed by atoms with Gasteiger partial charge in [-0.25, -0.2) is 0 Å². The molecule has 1 aliphatic carbocycles. The largest absolute Gasteiger partial charge is 0.383 e. The zero-order valence-corrected chi connectivity index (χ0v) is 15.3. The van der Waals surface area contributed by atoms with Crippen LogP contribution in [0.1, 0.15) is 44.9 Å². The Bertz CT molecular complexity index is 365. The molecule has 1 heterocycles. The molecule has 0 aromatic rings. The van der Waals surface area contributed by atoms with E-state index in [0.29, 0.717) is 0 Å². The number of carbonyl (C=O) groups is 1. The Balaban J connectivity index is 1.82. The summed E-state index contributed by atoms with van der Waals surface area (Å²) < 4.78 is 5.13. The number of carbonyl (C=O) groups excluding carboxylic acids is 1. The standard InChI is InChI=1S/C18H35N3O2/c1-20(2)18(9-6-4-5-7-10-18)15-19-17(22)16-8-11-21(14-16)12-13-23-3/h16H,4-15H2,1-3H3,(H,19,22)/t16-/m1/s1. The first-order valence-electron chi connectivity index (χ1n) is 9.24. The van der Waals surface area contributed by atoms with E-state index < -0.39 is 0 Å². The van der Waals surface area contributed by atoms with Gasteiger partial charge in [0.25, 0.3) is 0 Å². The average molecular weight is 325 g/mol. The molecule has 0 bridgehead atoms. The van der Waals surface area contributed by atoms with Crippen molar-refractivity contribution < 1.29 is 9.53 Å². The fourth-order valence-electron chi connectivity index (χ4n) is 4.03. The SMILES string of the molecule is COCCN1CC[C@@H](C(=O)NCC2(N(C)C)CCCCCC2)C1. The maximum atomic E-state index is 12.6. The van der Waals surface area contributed by atoms with Crippen LogP contribution in [0.4, 0.5) is 0 Å². The first kappa shape index (κ1) is 18.7. The molecule has 0 radical (unpaired) electrons. The summed E-state index contributed by atoms with van der Waals surface area (Å²) in [6.07, 6.45) is 8.60. The molecule has 1 saturated heterocycles. The summed E-state index contributed by atoms with van der Waals surface area (Å²) in [6, 6.07) is 0. The molecule has 0 aromatic heterocycles. The number of methoxy groups -OCH3 is 1. The molecule has 23 heavy (non-hydrogen) atoms. The highest BCUT2D eigenvalue weighted by Crippen LogP contribution is 2.30. The minimum atomic E-state index is 0.150. The molecule has 134 valence electrons. The number of nitrogens with one attached hydrogen (secondary N) is 1. The third kappa shape index (κ3) is 5.16. The lowest BCUT2D eigenvalue weighted by Gasteiger charge is -2.40. The molecule has 1 amide bonds. The van der Waals surface area contributed by atoms with Gasteiger partial charge in [-0.05, 0) is 39.9 Å². The molecule has 1 saturated carbocycles. The summed E-state index contributed by atoms with van der Waals surface area (Å²) in [6.45, 7) is 4.37. The molecule has 1 atom stereocenters. The van der Waals surface area contributed by atoms with E-state index in [-0.39, 0.29) is 17.4 Å². The van der Waals surface area contributed by atoms with Crippen molar-refractivity contribution in [1.29, 1.82) is 0 Å². The minimum absolute atomic E-state index is 0.150. The van der Waals surface area contributed by atoms with Crippen molar-refractivity contribution in [3.05, 3.63) is 0 Å². The zero-order chi connectivity index (χ0) is 16.7. The van der Waals surface area contributed by atoms with E-state index in [1.165, 1.54) is 38.5 Å². The van der Waals surface area contributed by atoms with Gasteiger partial charge in [0, 0.05) is 32.3 Å². The van der Waals surface area contributed by atoms with Gasteiger partial charge in [-0.3, -0.25) is 4.79 Å². The predicted molar refractivity (Wildman–Crippen MR) is 93.6 cm³/mol. The Kier molecular flexibility index (Phi) is 7.31. The van der Waals surface area contributed by atoms with Crippen LogP contribution in [0.25, 0.3) is 0 Å². The summed E-state index contributed by atoms with van der Waals surface area (Å²) in [4.78, 5) is 17.3. The predicted octanol–water partition coefficient (Wildman–Crippen LogP) is 1.73. The van der Waals surface area contributed by atoms with E-state index in [9.17, 15) is 4.79 Å². The average Bonchev–Trinajstić information content (AvgIpc) is 2.88. The molecule has 1 N–H and O–H groups in total. The number of amides is 1. The number of likely N-dealkylation sites (tertiary alicyclic amines) is 1.